The van der Waals surface area contributed by atoms with Crippen molar-refractivity contribution in [3.63, 3.8) is 0 Å². The lowest BCUT2D eigenvalue weighted by atomic mass is 9.99. The van der Waals surface area contributed by atoms with E-state index in [1.165, 1.54) is 0 Å². The number of imidazole rings is 1. The first-order valence-electron chi connectivity index (χ1n) is 13.9. The van der Waals surface area contributed by atoms with Crippen molar-refractivity contribution in [2.75, 3.05) is 13.1 Å². The molecule has 4 aromatic rings. The fourth-order valence-electron chi connectivity index (χ4n) is 5.56. The highest BCUT2D eigenvalue weighted by molar-refractivity contribution is 5.85. The minimum absolute atomic E-state index is 0.0688. The van der Waals surface area contributed by atoms with E-state index in [1.54, 1.807) is 38.7 Å². The van der Waals surface area contributed by atoms with Crippen LogP contribution in [0.5, 0.6) is 0 Å². The molecule has 5 rings (SSSR count). The van der Waals surface area contributed by atoms with Crippen molar-refractivity contribution >= 4 is 27.9 Å². The molecule has 1 fully saturated rings. The van der Waals surface area contributed by atoms with Gasteiger partial charge in [-0.25, -0.2) is 9.59 Å². The third kappa shape index (κ3) is 6.39. The Kier molecular flexibility index (Phi) is 7.80. The van der Waals surface area contributed by atoms with Gasteiger partial charge in [0.2, 0.25) is 0 Å². The second-order valence-electron chi connectivity index (χ2n) is 11.5. The minimum atomic E-state index is -4.24. The van der Waals surface area contributed by atoms with Gasteiger partial charge < -0.3 is 9.64 Å². The Hall–Kier alpha value is -3.89. The van der Waals surface area contributed by atoms with E-state index in [-0.39, 0.29) is 37.2 Å². The Morgan fingerprint density at radius 3 is 2.49 bits per heavy atom. The number of benzene rings is 1. The summed E-state index contributed by atoms with van der Waals surface area (Å²) >= 11 is 0. The Balaban J connectivity index is 1.46. The van der Waals surface area contributed by atoms with E-state index in [0.717, 1.165) is 21.9 Å². The van der Waals surface area contributed by atoms with Crippen LogP contribution in [0.4, 0.5) is 18.0 Å². The number of hydrogen-bond acceptors (Lipinski definition) is 5. The number of alkyl halides is 3. The zero-order valence-corrected chi connectivity index (χ0v) is 23.4. The molecule has 0 bridgehead atoms. The maximum absolute atomic E-state index is 13.9. The molecular weight excluding hydrogens is 535 g/mol. The number of amides is 1. The lowest BCUT2D eigenvalue weighted by Crippen LogP contribution is -2.43. The Morgan fingerprint density at radius 2 is 1.78 bits per heavy atom. The van der Waals surface area contributed by atoms with Crippen LogP contribution in [0.15, 0.2) is 53.7 Å². The average molecular weight is 570 g/mol. The zero-order valence-electron chi connectivity index (χ0n) is 23.4. The molecule has 1 aliphatic rings. The number of likely N-dealkylation sites (tertiary alicyclic amines) is 1. The van der Waals surface area contributed by atoms with Crippen LogP contribution >= 0.6 is 0 Å². The third-order valence-corrected chi connectivity index (χ3v) is 7.44. The van der Waals surface area contributed by atoms with Gasteiger partial charge in [-0.05, 0) is 63.5 Å². The maximum atomic E-state index is 13.9. The van der Waals surface area contributed by atoms with Crippen molar-refractivity contribution in [1.29, 1.82) is 0 Å². The Bertz CT molecular complexity index is 1610. The SMILES string of the molecule is CC(C)(C)OC(=O)N1CCC(n2c(=O)n(Cc3ncc4ccccc4c3CCCC(F)(F)F)c3cnccc32)CC1. The van der Waals surface area contributed by atoms with Crippen molar-refractivity contribution in [3.05, 3.63) is 70.7 Å². The van der Waals surface area contributed by atoms with Gasteiger partial charge in [0.05, 0.1) is 29.5 Å². The summed E-state index contributed by atoms with van der Waals surface area (Å²) in [5.41, 5.74) is 1.81. The molecule has 0 N–H and O–H groups in total. The van der Waals surface area contributed by atoms with Crippen LogP contribution in [0.3, 0.4) is 0 Å². The molecule has 41 heavy (non-hydrogen) atoms. The maximum Gasteiger partial charge on any atom is 0.410 e. The van der Waals surface area contributed by atoms with Crippen LogP contribution < -0.4 is 5.69 Å². The summed E-state index contributed by atoms with van der Waals surface area (Å²) in [5, 5.41) is 1.68. The fourth-order valence-corrected chi connectivity index (χ4v) is 5.56. The third-order valence-electron chi connectivity index (χ3n) is 7.44. The number of nitrogens with zero attached hydrogens (tertiary/aromatic N) is 5. The molecule has 4 heterocycles. The summed E-state index contributed by atoms with van der Waals surface area (Å²) in [5.74, 6) is 0. The van der Waals surface area contributed by atoms with Crippen LogP contribution in [0, 0.1) is 0 Å². The number of aromatic nitrogens is 4. The van der Waals surface area contributed by atoms with Crippen molar-refractivity contribution < 1.29 is 22.7 Å². The van der Waals surface area contributed by atoms with E-state index < -0.39 is 18.2 Å². The number of hydrogen-bond donors (Lipinski definition) is 0. The van der Waals surface area contributed by atoms with E-state index >= 15 is 0 Å². The van der Waals surface area contributed by atoms with Gasteiger partial charge in [0, 0.05) is 43.3 Å². The topological polar surface area (TPSA) is 82.2 Å². The standard InChI is InChI=1S/C30H34F3N5O3/c1-29(2,3)41-28(40)36-15-11-21(12-16-36)38-25-10-14-34-18-26(25)37(27(38)39)19-24-23(9-6-13-30(31,32)33)22-8-5-4-7-20(22)17-35-24/h4-5,7-8,10,14,17-18,21H,6,9,11-13,15-16,19H2,1-3H3. The summed E-state index contributed by atoms with van der Waals surface area (Å²) in [6.07, 6.45) is 0.757. The van der Waals surface area contributed by atoms with Gasteiger partial charge in [0.1, 0.15) is 5.60 Å². The Morgan fingerprint density at radius 1 is 1.05 bits per heavy atom. The molecule has 3 aromatic heterocycles. The number of carbonyl (C=O) groups is 1. The van der Waals surface area contributed by atoms with Crippen molar-refractivity contribution in [2.45, 2.75) is 77.2 Å². The number of pyridine rings is 2. The molecule has 1 amide bonds. The van der Waals surface area contributed by atoms with E-state index in [0.29, 0.717) is 37.1 Å². The van der Waals surface area contributed by atoms with Gasteiger partial charge in [-0.1, -0.05) is 24.3 Å². The van der Waals surface area contributed by atoms with Gasteiger partial charge in [0.25, 0.3) is 0 Å². The van der Waals surface area contributed by atoms with Crippen LogP contribution in [0.1, 0.15) is 63.8 Å². The molecule has 0 radical (unpaired) electrons. The van der Waals surface area contributed by atoms with Crippen molar-refractivity contribution in [3.8, 4) is 0 Å². The molecule has 0 spiro atoms. The van der Waals surface area contributed by atoms with Crippen LogP contribution in [-0.2, 0) is 17.7 Å². The zero-order chi connectivity index (χ0) is 29.4. The highest BCUT2D eigenvalue weighted by Crippen LogP contribution is 2.29. The predicted molar refractivity (Wildman–Crippen MR) is 150 cm³/mol. The summed E-state index contributed by atoms with van der Waals surface area (Å²) in [6, 6.07) is 9.14. The van der Waals surface area contributed by atoms with Gasteiger partial charge in [-0.2, -0.15) is 13.2 Å². The summed E-state index contributed by atoms with van der Waals surface area (Å²) in [6.45, 7) is 6.50. The quantitative estimate of drug-likeness (QED) is 0.274. The number of carbonyl (C=O) groups excluding carboxylic acids is 1. The van der Waals surface area contributed by atoms with Gasteiger partial charge >= 0.3 is 18.0 Å². The monoisotopic (exact) mass is 569 g/mol. The number of ether oxygens (including phenoxy) is 1. The number of piperidine rings is 1. The number of fused-ring (bicyclic) bond motifs is 2. The van der Waals surface area contributed by atoms with Gasteiger partial charge in [-0.15, -0.1) is 0 Å². The second-order valence-corrected chi connectivity index (χ2v) is 11.5. The highest BCUT2D eigenvalue weighted by Gasteiger charge is 2.30. The molecule has 0 unspecified atom stereocenters. The van der Waals surface area contributed by atoms with Crippen LogP contribution in [0.25, 0.3) is 21.8 Å². The van der Waals surface area contributed by atoms with E-state index in [2.05, 4.69) is 9.97 Å². The number of halogens is 3. The first-order valence-corrected chi connectivity index (χ1v) is 13.9. The first-order chi connectivity index (χ1) is 19.4. The predicted octanol–water partition coefficient (Wildman–Crippen LogP) is 6.25. The molecule has 11 heteroatoms. The number of rotatable bonds is 6. The fraction of sp³-hybridized carbons (Fsp3) is 0.467. The Labute approximate surface area is 235 Å². The highest BCUT2D eigenvalue weighted by atomic mass is 19.4. The molecule has 1 saturated heterocycles. The molecule has 8 nitrogen and oxygen atoms in total. The van der Waals surface area contributed by atoms with Crippen LogP contribution in [-0.4, -0.2) is 55.0 Å². The molecule has 218 valence electrons. The summed E-state index contributed by atoms with van der Waals surface area (Å²) in [4.78, 5) is 37.0. The normalized spacial score (nSPS) is 15.1. The largest absolute Gasteiger partial charge is 0.444 e. The molecular formula is C30H34F3N5O3. The number of aryl methyl sites for hydroxylation is 1. The van der Waals surface area contributed by atoms with Crippen LogP contribution in [0.2, 0.25) is 0 Å². The molecule has 0 atom stereocenters. The second kappa shape index (κ2) is 11.2. The lowest BCUT2D eigenvalue weighted by Gasteiger charge is -2.33. The van der Waals surface area contributed by atoms with E-state index in [1.807, 2.05) is 45.0 Å². The first kappa shape index (κ1) is 28.6. The van der Waals surface area contributed by atoms with Gasteiger partial charge in [-0.3, -0.25) is 19.1 Å². The summed E-state index contributed by atoms with van der Waals surface area (Å²) in [7, 11) is 0. The van der Waals surface area contributed by atoms with E-state index in [9.17, 15) is 22.8 Å². The minimum Gasteiger partial charge on any atom is -0.444 e. The smallest absolute Gasteiger partial charge is 0.410 e. The molecule has 0 saturated carbocycles. The average Bonchev–Trinajstić information content (AvgIpc) is 3.19. The van der Waals surface area contributed by atoms with Gasteiger partial charge in [0.15, 0.2) is 0 Å². The van der Waals surface area contributed by atoms with Crippen molar-refractivity contribution in [2.24, 2.45) is 0 Å². The molecule has 1 aromatic carbocycles. The van der Waals surface area contributed by atoms with Crippen molar-refractivity contribution in [1.82, 2.24) is 24.0 Å². The summed E-state index contributed by atoms with van der Waals surface area (Å²) < 4.78 is 47.8. The van der Waals surface area contributed by atoms with E-state index in [4.69, 9.17) is 4.74 Å². The molecule has 0 aliphatic carbocycles. The molecule has 1 aliphatic heterocycles. The lowest BCUT2D eigenvalue weighted by molar-refractivity contribution is -0.135.